The van der Waals surface area contributed by atoms with Gasteiger partial charge in [-0.25, -0.2) is 0 Å². The summed E-state index contributed by atoms with van der Waals surface area (Å²) in [7, 11) is 0. The lowest BCUT2D eigenvalue weighted by molar-refractivity contribution is -0.116. The highest BCUT2D eigenvalue weighted by Gasteiger charge is 2.19. The lowest BCUT2D eigenvalue weighted by Gasteiger charge is -2.26. The van der Waals surface area contributed by atoms with Crippen molar-refractivity contribution in [2.24, 2.45) is 5.41 Å². The maximum atomic E-state index is 11.5. The molecule has 0 aliphatic carbocycles. The molecule has 0 saturated heterocycles. The van der Waals surface area contributed by atoms with Crippen LogP contribution < -0.4 is 16.4 Å². The van der Waals surface area contributed by atoms with Crippen molar-refractivity contribution < 1.29 is 9.90 Å². The van der Waals surface area contributed by atoms with Crippen LogP contribution in [0.2, 0.25) is 0 Å². The van der Waals surface area contributed by atoms with Crippen LogP contribution in [0.3, 0.4) is 0 Å². The van der Waals surface area contributed by atoms with E-state index in [4.69, 9.17) is 10.8 Å². The van der Waals surface area contributed by atoms with Crippen LogP contribution in [-0.4, -0.2) is 24.2 Å². The zero-order valence-electron chi connectivity index (χ0n) is 12.8. The molecule has 0 unspecified atom stereocenters. The van der Waals surface area contributed by atoms with Crippen LogP contribution in [0.25, 0.3) is 0 Å². The molecule has 0 atom stereocenters. The Morgan fingerprint density at radius 3 is 2.86 bits per heavy atom. The highest BCUT2D eigenvalue weighted by Crippen LogP contribution is 2.32. The highest BCUT2D eigenvalue weighted by atomic mass is 16.2. The molecule has 5 N–H and O–H groups in total. The summed E-state index contributed by atoms with van der Waals surface area (Å²) in [5, 5.41) is 15.2. The zero-order chi connectivity index (χ0) is 15.5. The Hall–Kier alpha value is -1.75. The van der Waals surface area contributed by atoms with Crippen molar-refractivity contribution in [1.29, 1.82) is 0 Å². The van der Waals surface area contributed by atoms with Gasteiger partial charge in [-0.1, -0.05) is 13.8 Å². The topological polar surface area (TPSA) is 87.4 Å². The molecule has 1 amide bonds. The second kappa shape index (κ2) is 6.35. The number of aryl methyl sites for hydroxylation is 1. The minimum atomic E-state index is 0.0569. The van der Waals surface area contributed by atoms with Crippen LogP contribution in [0, 0.1) is 5.41 Å². The minimum Gasteiger partial charge on any atom is -0.397 e. The summed E-state index contributed by atoms with van der Waals surface area (Å²) >= 11 is 0. The molecule has 5 nitrogen and oxygen atoms in total. The van der Waals surface area contributed by atoms with Crippen molar-refractivity contribution in [3.05, 3.63) is 17.7 Å². The first-order valence-corrected chi connectivity index (χ1v) is 7.48. The molecule has 0 saturated carbocycles. The number of hydrogen-bond acceptors (Lipinski definition) is 4. The van der Waals surface area contributed by atoms with Crippen LogP contribution in [0.15, 0.2) is 12.1 Å². The molecule has 5 heteroatoms. The van der Waals surface area contributed by atoms with Gasteiger partial charge in [0.15, 0.2) is 0 Å². The van der Waals surface area contributed by atoms with Gasteiger partial charge in [0, 0.05) is 25.3 Å². The molecule has 116 valence electrons. The van der Waals surface area contributed by atoms with Crippen molar-refractivity contribution in [1.82, 2.24) is 0 Å². The molecular weight excluding hydrogens is 266 g/mol. The number of fused-ring (bicyclic) bond motifs is 1. The number of aliphatic hydroxyl groups excluding tert-OH is 1. The Labute approximate surface area is 125 Å². The Morgan fingerprint density at radius 1 is 1.38 bits per heavy atom. The Kier molecular flexibility index (Phi) is 4.73. The summed E-state index contributed by atoms with van der Waals surface area (Å²) in [6, 6.07) is 3.86. The number of nitrogens with one attached hydrogen (secondary N) is 2. The van der Waals surface area contributed by atoms with Crippen LogP contribution >= 0.6 is 0 Å². The van der Waals surface area contributed by atoms with Crippen molar-refractivity contribution in [2.75, 3.05) is 29.5 Å². The predicted molar refractivity (Wildman–Crippen MR) is 86.4 cm³/mol. The maximum Gasteiger partial charge on any atom is 0.224 e. The molecule has 1 heterocycles. The summed E-state index contributed by atoms with van der Waals surface area (Å²) in [5.41, 5.74) is 9.69. The monoisotopic (exact) mass is 291 g/mol. The number of nitrogen functional groups attached to an aromatic ring is 1. The number of rotatable bonds is 6. The van der Waals surface area contributed by atoms with E-state index in [-0.39, 0.29) is 17.9 Å². The molecule has 0 bridgehead atoms. The molecule has 2 rings (SSSR count). The summed E-state index contributed by atoms with van der Waals surface area (Å²) < 4.78 is 0. The Balaban J connectivity index is 2.07. The van der Waals surface area contributed by atoms with Crippen molar-refractivity contribution in [3.8, 4) is 0 Å². The van der Waals surface area contributed by atoms with Gasteiger partial charge in [-0.05, 0) is 42.4 Å². The summed E-state index contributed by atoms with van der Waals surface area (Å²) in [6.45, 7) is 5.30. The van der Waals surface area contributed by atoms with E-state index in [1.54, 1.807) is 0 Å². The molecule has 21 heavy (non-hydrogen) atoms. The van der Waals surface area contributed by atoms with Gasteiger partial charge in [0.05, 0.1) is 11.4 Å². The van der Waals surface area contributed by atoms with Crippen LogP contribution in [-0.2, 0) is 11.2 Å². The molecule has 0 aromatic heterocycles. The number of aliphatic hydroxyl groups is 1. The van der Waals surface area contributed by atoms with Gasteiger partial charge in [-0.3, -0.25) is 4.79 Å². The van der Waals surface area contributed by atoms with E-state index in [0.29, 0.717) is 12.1 Å². The zero-order valence-corrected chi connectivity index (χ0v) is 12.8. The van der Waals surface area contributed by atoms with Gasteiger partial charge in [-0.15, -0.1) is 0 Å². The fourth-order valence-electron chi connectivity index (χ4n) is 2.58. The van der Waals surface area contributed by atoms with E-state index in [1.165, 1.54) is 0 Å². The van der Waals surface area contributed by atoms with Crippen molar-refractivity contribution in [3.63, 3.8) is 0 Å². The van der Waals surface area contributed by atoms with Crippen LogP contribution in [0.4, 0.5) is 17.1 Å². The number of amides is 1. The molecular formula is C16H25N3O2. The average molecular weight is 291 g/mol. The normalized spacial score (nSPS) is 14.5. The minimum absolute atomic E-state index is 0.0569. The van der Waals surface area contributed by atoms with Gasteiger partial charge in [0.25, 0.3) is 0 Å². The molecule has 1 aliphatic rings. The number of benzene rings is 1. The lowest BCUT2D eigenvalue weighted by atomic mass is 9.87. The Bertz CT molecular complexity index is 526. The number of carbonyl (C=O) groups excluding carboxylic acids is 1. The molecule has 1 aliphatic heterocycles. The molecule has 1 aromatic rings. The third-order valence-electron chi connectivity index (χ3n) is 3.94. The van der Waals surface area contributed by atoms with Crippen molar-refractivity contribution in [2.45, 2.75) is 39.5 Å². The van der Waals surface area contributed by atoms with Crippen LogP contribution in [0.1, 0.15) is 38.7 Å². The highest BCUT2D eigenvalue weighted by molar-refractivity contribution is 5.95. The average Bonchev–Trinajstić information content (AvgIpc) is 2.43. The van der Waals surface area contributed by atoms with Gasteiger partial charge in [0.2, 0.25) is 5.91 Å². The first kappa shape index (κ1) is 15.6. The number of nitrogens with two attached hydrogens (primary N) is 1. The second-order valence-corrected chi connectivity index (χ2v) is 6.49. The first-order valence-electron chi connectivity index (χ1n) is 7.48. The molecule has 1 aromatic carbocycles. The van der Waals surface area contributed by atoms with E-state index >= 15 is 0 Å². The van der Waals surface area contributed by atoms with E-state index in [9.17, 15) is 4.79 Å². The van der Waals surface area contributed by atoms with Gasteiger partial charge in [-0.2, -0.15) is 0 Å². The van der Waals surface area contributed by atoms with Crippen LogP contribution in [0.5, 0.6) is 0 Å². The van der Waals surface area contributed by atoms with Crippen molar-refractivity contribution >= 4 is 23.0 Å². The van der Waals surface area contributed by atoms with E-state index in [0.717, 1.165) is 42.7 Å². The SMILES string of the molecule is CC(C)(CCCO)CNc1cc2c(cc1N)CCC(=O)N2. The summed E-state index contributed by atoms with van der Waals surface area (Å²) in [6.07, 6.45) is 3.00. The fourth-order valence-corrected chi connectivity index (χ4v) is 2.58. The number of carbonyl (C=O) groups is 1. The smallest absolute Gasteiger partial charge is 0.224 e. The van der Waals surface area contributed by atoms with E-state index in [2.05, 4.69) is 24.5 Å². The predicted octanol–water partition coefficient (Wildman–Crippen LogP) is 2.36. The fraction of sp³-hybridized carbons (Fsp3) is 0.562. The van der Waals surface area contributed by atoms with E-state index in [1.807, 2.05) is 12.1 Å². The van der Waals surface area contributed by atoms with Gasteiger partial charge in [0.1, 0.15) is 0 Å². The summed E-state index contributed by atoms with van der Waals surface area (Å²) in [4.78, 5) is 11.5. The first-order chi connectivity index (χ1) is 9.91. The molecule has 0 spiro atoms. The maximum absolute atomic E-state index is 11.5. The van der Waals surface area contributed by atoms with Gasteiger partial charge < -0.3 is 21.5 Å². The third-order valence-corrected chi connectivity index (χ3v) is 3.94. The summed E-state index contributed by atoms with van der Waals surface area (Å²) in [5.74, 6) is 0.0569. The Morgan fingerprint density at radius 2 is 2.14 bits per heavy atom. The largest absolute Gasteiger partial charge is 0.397 e. The lowest BCUT2D eigenvalue weighted by Crippen LogP contribution is -2.24. The van der Waals surface area contributed by atoms with Gasteiger partial charge >= 0.3 is 0 Å². The quantitative estimate of drug-likeness (QED) is 0.606. The molecule has 0 radical (unpaired) electrons. The standard InChI is InChI=1S/C16H25N3O2/c1-16(2,6-3-7-20)10-18-14-9-13-11(8-12(14)17)4-5-15(21)19-13/h8-9,18,20H,3-7,10,17H2,1-2H3,(H,19,21). The number of hydrogen-bond donors (Lipinski definition) is 4. The van der Waals surface area contributed by atoms with E-state index < -0.39 is 0 Å². The second-order valence-electron chi connectivity index (χ2n) is 6.49. The molecule has 0 fully saturated rings. The number of anilines is 3. The third kappa shape index (κ3) is 4.11.